The van der Waals surface area contributed by atoms with E-state index in [4.69, 9.17) is 9.84 Å². The average molecular weight is 448 g/mol. The minimum Gasteiger partial charge on any atom is -0.489 e. The second kappa shape index (κ2) is 10.8. The van der Waals surface area contributed by atoms with Gasteiger partial charge in [0.1, 0.15) is 12.4 Å². The van der Waals surface area contributed by atoms with Crippen molar-refractivity contribution in [3.8, 4) is 5.75 Å². The third-order valence-electron chi connectivity index (χ3n) is 5.34. The van der Waals surface area contributed by atoms with Gasteiger partial charge in [-0.3, -0.25) is 0 Å². The van der Waals surface area contributed by atoms with E-state index >= 15 is 0 Å². The van der Waals surface area contributed by atoms with Crippen LogP contribution in [-0.2, 0) is 19.7 Å². The predicted molar refractivity (Wildman–Crippen MR) is 131 cm³/mol. The van der Waals surface area contributed by atoms with Crippen molar-refractivity contribution in [2.75, 3.05) is 0 Å². The van der Waals surface area contributed by atoms with E-state index < -0.39 is 5.97 Å². The molecular weight excluding hydrogens is 422 g/mol. The molecule has 0 saturated heterocycles. The van der Waals surface area contributed by atoms with Crippen molar-refractivity contribution in [2.24, 2.45) is 0 Å². The van der Waals surface area contributed by atoms with E-state index in [2.05, 4.69) is 54.7 Å². The molecule has 0 aromatic heterocycles. The van der Waals surface area contributed by atoms with E-state index in [-0.39, 0.29) is 12.4 Å². The predicted octanol–water partition coefficient (Wildman–Crippen LogP) is 6.14. The second-order valence-corrected chi connectivity index (χ2v) is 7.64. The van der Waals surface area contributed by atoms with Gasteiger partial charge < -0.3 is 15.2 Å². The van der Waals surface area contributed by atoms with Crippen LogP contribution in [0.1, 0.15) is 32.6 Å². The zero-order chi connectivity index (χ0) is 21.6. The van der Waals surface area contributed by atoms with Crippen LogP contribution in [0.2, 0.25) is 0 Å². The largest absolute Gasteiger partial charge is 0.489 e. The van der Waals surface area contributed by atoms with Gasteiger partial charge in [-0.1, -0.05) is 72.3 Å². The molecule has 0 aliphatic carbocycles. The standard InChI is InChI=1S/C27H25NO3.ClH/c1-19-6-8-21(9-7-19)18-31-26-15-14-22-4-2-3-5-24(22)25(26)17-28-16-20-10-12-23(13-11-20)27(29)30;/h2-15,28H,16-18H2,1H3,(H,29,30);1H. The van der Waals surface area contributed by atoms with Crippen LogP contribution < -0.4 is 10.1 Å². The van der Waals surface area contributed by atoms with Gasteiger partial charge in [0, 0.05) is 18.7 Å². The maximum Gasteiger partial charge on any atom is 0.335 e. The number of ether oxygens (including phenoxy) is 1. The molecule has 0 fully saturated rings. The van der Waals surface area contributed by atoms with Crippen molar-refractivity contribution in [3.05, 3.63) is 113 Å². The fourth-order valence-electron chi connectivity index (χ4n) is 3.58. The molecule has 4 aromatic carbocycles. The van der Waals surface area contributed by atoms with Gasteiger partial charge >= 0.3 is 5.97 Å². The molecule has 0 spiro atoms. The Bertz CT molecular complexity index is 1190. The SMILES string of the molecule is Cc1ccc(COc2ccc3ccccc3c2CNCc2ccc(C(=O)O)cc2)cc1.Cl. The molecule has 164 valence electrons. The molecule has 4 nitrogen and oxygen atoms in total. The number of carboxylic acids is 1. The molecule has 0 saturated carbocycles. The van der Waals surface area contributed by atoms with Crippen molar-refractivity contribution < 1.29 is 14.6 Å². The molecule has 0 heterocycles. The Hall–Kier alpha value is -3.34. The van der Waals surface area contributed by atoms with Crippen molar-refractivity contribution in [2.45, 2.75) is 26.6 Å². The molecular formula is C27H26ClNO3. The Kier molecular flexibility index (Phi) is 7.87. The Morgan fingerprint density at radius 2 is 1.53 bits per heavy atom. The van der Waals surface area contributed by atoms with Gasteiger partial charge in [-0.25, -0.2) is 4.79 Å². The van der Waals surface area contributed by atoms with E-state index in [1.54, 1.807) is 12.1 Å². The summed E-state index contributed by atoms with van der Waals surface area (Å²) in [6, 6.07) is 27.8. The number of hydrogen-bond donors (Lipinski definition) is 2. The number of halogens is 1. The van der Waals surface area contributed by atoms with Crippen LogP contribution in [0.25, 0.3) is 10.8 Å². The Labute approximate surface area is 194 Å². The summed E-state index contributed by atoms with van der Waals surface area (Å²) in [5.41, 5.74) is 4.82. The molecule has 4 rings (SSSR count). The highest BCUT2D eigenvalue weighted by Gasteiger charge is 2.10. The van der Waals surface area contributed by atoms with Crippen LogP contribution >= 0.6 is 12.4 Å². The molecule has 0 unspecified atom stereocenters. The van der Waals surface area contributed by atoms with Crippen LogP contribution in [0.4, 0.5) is 0 Å². The van der Waals surface area contributed by atoms with E-state index in [1.807, 2.05) is 30.3 Å². The van der Waals surface area contributed by atoms with E-state index in [0.29, 0.717) is 25.3 Å². The van der Waals surface area contributed by atoms with Crippen LogP contribution in [-0.4, -0.2) is 11.1 Å². The maximum absolute atomic E-state index is 11.0. The number of carbonyl (C=O) groups is 1. The maximum atomic E-state index is 11.0. The number of aryl methyl sites for hydroxylation is 1. The number of carboxylic acid groups (broad SMARTS) is 1. The Balaban J connectivity index is 0.00000289. The summed E-state index contributed by atoms with van der Waals surface area (Å²) in [6.45, 7) is 3.88. The smallest absolute Gasteiger partial charge is 0.335 e. The molecule has 4 aromatic rings. The minimum atomic E-state index is -0.911. The molecule has 2 N–H and O–H groups in total. The highest BCUT2D eigenvalue weighted by Crippen LogP contribution is 2.29. The molecule has 0 aliphatic heterocycles. The Morgan fingerprint density at radius 1 is 0.844 bits per heavy atom. The number of fused-ring (bicyclic) bond motifs is 1. The fourth-order valence-corrected chi connectivity index (χ4v) is 3.58. The highest BCUT2D eigenvalue weighted by molar-refractivity contribution is 5.88. The van der Waals surface area contributed by atoms with Gasteiger partial charge in [0.15, 0.2) is 0 Å². The third kappa shape index (κ3) is 5.67. The zero-order valence-electron chi connectivity index (χ0n) is 17.9. The molecule has 5 heteroatoms. The number of benzene rings is 4. The fraction of sp³-hybridized carbons (Fsp3) is 0.148. The van der Waals surface area contributed by atoms with Crippen molar-refractivity contribution in [3.63, 3.8) is 0 Å². The number of hydrogen-bond acceptors (Lipinski definition) is 3. The summed E-state index contributed by atoms with van der Waals surface area (Å²) in [5, 5.41) is 14.9. The summed E-state index contributed by atoms with van der Waals surface area (Å²) in [7, 11) is 0. The minimum absolute atomic E-state index is 0. The van der Waals surface area contributed by atoms with Gasteiger partial charge in [-0.2, -0.15) is 0 Å². The van der Waals surface area contributed by atoms with Crippen molar-refractivity contribution in [1.29, 1.82) is 0 Å². The van der Waals surface area contributed by atoms with Gasteiger partial charge in [0.2, 0.25) is 0 Å². The molecule has 0 aliphatic rings. The lowest BCUT2D eigenvalue weighted by Crippen LogP contribution is -2.14. The van der Waals surface area contributed by atoms with Crippen LogP contribution in [0.15, 0.2) is 84.9 Å². The summed E-state index contributed by atoms with van der Waals surface area (Å²) in [6.07, 6.45) is 0. The van der Waals surface area contributed by atoms with E-state index in [0.717, 1.165) is 27.8 Å². The first kappa shape index (κ1) is 23.3. The molecule has 0 amide bonds. The van der Waals surface area contributed by atoms with Crippen LogP contribution in [0.3, 0.4) is 0 Å². The normalized spacial score (nSPS) is 10.5. The van der Waals surface area contributed by atoms with Gasteiger partial charge in [-0.15, -0.1) is 12.4 Å². The first-order valence-corrected chi connectivity index (χ1v) is 10.3. The van der Waals surface area contributed by atoms with Crippen molar-refractivity contribution >= 4 is 29.1 Å². The lowest BCUT2D eigenvalue weighted by atomic mass is 10.0. The summed E-state index contributed by atoms with van der Waals surface area (Å²) in [4.78, 5) is 11.0. The zero-order valence-corrected chi connectivity index (χ0v) is 18.7. The number of rotatable bonds is 8. The van der Waals surface area contributed by atoms with Gasteiger partial charge in [0.25, 0.3) is 0 Å². The highest BCUT2D eigenvalue weighted by atomic mass is 35.5. The molecule has 0 atom stereocenters. The van der Waals surface area contributed by atoms with Crippen LogP contribution in [0, 0.1) is 6.92 Å². The van der Waals surface area contributed by atoms with E-state index in [9.17, 15) is 4.79 Å². The summed E-state index contributed by atoms with van der Waals surface area (Å²) >= 11 is 0. The quantitative estimate of drug-likeness (QED) is 0.340. The van der Waals surface area contributed by atoms with Crippen LogP contribution in [0.5, 0.6) is 5.75 Å². The first-order valence-electron chi connectivity index (χ1n) is 10.3. The van der Waals surface area contributed by atoms with E-state index in [1.165, 1.54) is 10.9 Å². The Morgan fingerprint density at radius 3 is 2.25 bits per heavy atom. The van der Waals surface area contributed by atoms with Gasteiger partial charge in [-0.05, 0) is 47.0 Å². The second-order valence-electron chi connectivity index (χ2n) is 7.64. The number of aromatic carboxylic acids is 1. The topological polar surface area (TPSA) is 58.6 Å². The monoisotopic (exact) mass is 447 g/mol. The lowest BCUT2D eigenvalue weighted by Gasteiger charge is -2.15. The summed E-state index contributed by atoms with van der Waals surface area (Å²) in [5.74, 6) is -0.0429. The summed E-state index contributed by atoms with van der Waals surface area (Å²) < 4.78 is 6.21. The molecule has 0 radical (unpaired) electrons. The number of nitrogens with one attached hydrogen (secondary N) is 1. The molecule has 32 heavy (non-hydrogen) atoms. The first-order chi connectivity index (χ1) is 15.1. The lowest BCUT2D eigenvalue weighted by molar-refractivity contribution is 0.0697. The molecule has 0 bridgehead atoms. The van der Waals surface area contributed by atoms with Crippen molar-refractivity contribution in [1.82, 2.24) is 5.32 Å². The third-order valence-corrected chi connectivity index (χ3v) is 5.34. The van der Waals surface area contributed by atoms with Gasteiger partial charge in [0.05, 0.1) is 5.56 Å². The average Bonchev–Trinajstić information content (AvgIpc) is 2.79.